The highest BCUT2D eigenvalue weighted by Crippen LogP contribution is 2.35. The van der Waals surface area contributed by atoms with E-state index in [0.29, 0.717) is 29.4 Å². The van der Waals surface area contributed by atoms with Crippen LogP contribution < -0.4 is 0 Å². The lowest BCUT2D eigenvalue weighted by Gasteiger charge is -2.40. The van der Waals surface area contributed by atoms with E-state index in [1.807, 2.05) is 17.0 Å². The lowest BCUT2D eigenvalue weighted by Crippen LogP contribution is -2.44. The van der Waals surface area contributed by atoms with Gasteiger partial charge in [0.05, 0.1) is 17.5 Å². The maximum Gasteiger partial charge on any atom is 0.257 e. The zero-order chi connectivity index (χ0) is 17.2. The SMILES string of the molecule is CCC1(CO)CCN(C(=O)c2cn[nH]c2-c2ccc(Cl)cc2)CC1. The molecule has 0 atom stereocenters. The summed E-state index contributed by atoms with van der Waals surface area (Å²) in [5, 5.41) is 17.3. The van der Waals surface area contributed by atoms with E-state index in [0.717, 1.165) is 24.8 Å². The highest BCUT2D eigenvalue weighted by Gasteiger charge is 2.34. The molecule has 2 heterocycles. The third-order valence-corrected chi connectivity index (χ3v) is 5.45. The summed E-state index contributed by atoms with van der Waals surface area (Å²) in [4.78, 5) is 14.7. The molecule has 3 rings (SSSR count). The number of hydrogen-bond acceptors (Lipinski definition) is 3. The Bertz CT molecular complexity index is 697. The molecule has 6 heteroatoms. The number of benzene rings is 1. The fourth-order valence-corrected chi connectivity index (χ4v) is 3.39. The number of likely N-dealkylation sites (tertiary alicyclic amines) is 1. The zero-order valence-corrected chi connectivity index (χ0v) is 14.5. The van der Waals surface area contributed by atoms with Crippen molar-refractivity contribution in [3.05, 3.63) is 41.0 Å². The molecule has 1 saturated heterocycles. The van der Waals surface area contributed by atoms with Gasteiger partial charge in [-0.15, -0.1) is 0 Å². The molecule has 2 N–H and O–H groups in total. The zero-order valence-electron chi connectivity index (χ0n) is 13.8. The van der Waals surface area contributed by atoms with Crippen LogP contribution in [0.1, 0.15) is 36.5 Å². The van der Waals surface area contributed by atoms with Crippen molar-refractivity contribution in [1.82, 2.24) is 15.1 Å². The van der Waals surface area contributed by atoms with Gasteiger partial charge in [-0.1, -0.05) is 30.7 Å². The van der Waals surface area contributed by atoms with Crippen LogP contribution >= 0.6 is 11.6 Å². The number of halogens is 1. The summed E-state index contributed by atoms with van der Waals surface area (Å²) in [7, 11) is 0. The first kappa shape index (κ1) is 17.0. The smallest absolute Gasteiger partial charge is 0.257 e. The van der Waals surface area contributed by atoms with Crippen LogP contribution in [0.3, 0.4) is 0 Å². The van der Waals surface area contributed by atoms with E-state index in [4.69, 9.17) is 11.6 Å². The Morgan fingerprint density at radius 3 is 2.58 bits per heavy atom. The summed E-state index contributed by atoms with van der Waals surface area (Å²) in [6.07, 6.45) is 4.19. The van der Waals surface area contributed by atoms with Gasteiger partial charge in [-0.05, 0) is 36.8 Å². The third kappa shape index (κ3) is 3.19. The molecule has 0 saturated carbocycles. The van der Waals surface area contributed by atoms with Crippen molar-refractivity contribution in [2.45, 2.75) is 26.2 Å². The molecule has 1 aliphatic heterocycles. The number of amides is 1. The number of piperidine rings is 1. The number of rotatable bonds is 4. The predicted molar refractivity (Wildman–Crippen MR) is 94.0 cm³/mol. The number of nitrogens with one attached hydrogen (secondary N) is 1. The molecule has 24 heavy (non-hydrogen) atoms. The van der Waals surface area contributed by atoms with Gasteiger partial charge >= 0.3 is 0 Å². The van der Waals surface area contributed by atoms with Crippen LogP contribution in [0, 0.1) is 5.41 Å². The molecule has 5 nitrogen and oxygen atoms in total. The quantitative estimate of drug-likeness (QED) is 0.891. The minimum Gasteiger partial charge on any atom is -0.396 e. The van der Waals surface area contributed by atoms with Gasteiger partial charge < -0.3 is 10.0 Å². The van der Waals surface area contributed by atoms with Crippen LogP contribution in [0.5, 0.6) is 0 Å². The highest BCUT2D eigenvalue weighted by atomic mass is 35.5. The van der Waals surface area contributed by atoms with E-state index < -0.39 is 0 Å². The first-order chi connectivity index (χ1) is 11.6. The number of aromatic nitrogens is 2. The average Bonchev–Trinajstić information content (AvgIpc) is 3.11. The van der Waals surface area contributed by atoms with Crippen molar-refractivity contribution >= 4 is 17.5 Å². The van der Waals surface area contributed by atoms with Gasteiger partial charge in [-0.3, -0.25) is 9.89 Å². The maximum absolute atomic E-state index is 12.9. The molecule has 0 bridgehead atoms. The number of nitrogens with zero attached hydrogens (tertiary/aromatic N) is 2. The van der Waals surface area contributed by atoms with Crippen LogP contribution in [0.4, 0.5) is 0 Å². The first-order valence-corrected chi connectivity index (χ1v) is 8.66. The van der Waals surface area contributed by atoms with Crippen LogP contribution in [-0.2, 0) is 0 Å². The first-order valence-electron chi connectivity index (χ1n) is 8.28. The summed E-state index contributed by atoms with van der Waals surface area (Å²) in [5.41, 5.74) is 2.14. The second kappa shape index (κ2) is 6.95. The lowest BCUT2D eigenvalue weighted by molar-refractivity contribution is 0.0338. The molecule has 1 fully saturated rings. The number of carbonyl (C=O) groups is 1. The minimum absolute atomic E-state index is 0.0173. The Kier molecular flexibility index (Phi) is 4.92. The number of H-pyrrole nitrogens is 1. The molecular formula is C18H22ClN3O2. The van der Waals surface area contributed by atoms with Crippen LogP contribution in [-0.4, -0.2) is 45.8 Å². The van der Waals surface area contributed by atoms with Crippen molar-refractivity contribution in [2.75, 3.05) is 19.7 Å². The minimum atomic E-state index is -0.0355. The Morgan fingerprint density at radius 1 is 1.33 bits per heavy atom. The molecule has 1 aliphatic rings. The Hall–Kier alpha value is -1.85. The molecule has 128 valence electrons. The second-order valence-corrected chi connectivity index (χ2v) is 6.91. The molecule has 0 unspecified atom stereocenters. The van der Waals surface area contributed by atoms with Gasteiger partial charge in [0.1, 0.15) is 0 Å². The summed E-state index contributed by atoms with van der Waals surface area (Å²) in [6.45, 7) is 3.62. The van der Waals surface area contributed by atoms with Crippen molar-refractivity contribution in [3.8, 4) is 11.3 Å². The fourth-order valence-electron chi connectivity index (χ4n) is 3.26. The van der Waals surface area contributed by atoms with Gasteiger partial charge in [-0.25, -0.2) is 0 Å². The Morgan fingerprint density at radius 2 is 2.00 bits per heavy atom. The van der Waals surface area contributed by atoms with Gasteiger partial charge in [0, 0.05) is 30.3 Å². The number of carbonyl (C=O) groups excluding carboxylic acids is 1. The normalized spacial score (nSPS) is 17.0. The summed E-state index contributed by atoms with van der Waals surface area (Å²) in [5.74, 6) is -0.0173. The predicted octanol–water partition coefficient (Wildman–Crippen LogP) is 3.35. The highest BCUT2D eigenvalue weighted by molar-refractivity contribution is 6.30. The van der Waals surface area contributed by atoms with Gasteiger partial charge in [0.15, 0.2) is 0 Å². The summed E-state index contributed by atoms with van der Waals surface area (Å²) >= 11 is 5.93. The molecular weight excluding hydrogens is 326 g/mol. The van der Waals surface area contributed by atoms with Crippen molar-refractivity contribution in [1.29, 1.82) is 0 Å². The van der Waals surface area contributed by atoms with E-state index >= 15 is 0 Å². The lowest BCUT2D eigenvalue weighted by atomic mass is 9.77. The Balaban J connectivity index is 1.78. The van der Waals surface area contributed by atoms with E-state index in [1.54, 1.807) is 18.3 Å². The van der Waals surface area contributed by atoms with E-state index in [-0.39, 0.29) is 17.9 Å². The molecule has 0 spiro atoms. The third-order valence-electron chi connectivity index (χ3n) is 5.20. The maximum atomic E-state index is 12.9. The topological polar surface area (TPSA) is 69.2 Å². The molecule has 2 aromatic rings. The number of aromatic amines is 1. The van der Waals surface area contributed by atoms with E-state index in [1.165, 1.54) is 0 Å². The monoisotopic (exact) mass is 347 g/mol. The molecule has 1 aromatic heterocycles. The number of hydrogen-bond donors (Lipinski definition) is 2. The standard InChI is InChI=1S/C18H22ClN3O2/c1-2-18(12-23)7-9-22(10-8-18)17(24)15-11-20-21-16(15)13-3-5-14(19)6-4-13/h3-6,11,23H,2,7-10,12H2,1H3,(H,20,21). The van der Waals surface area contributed by atoms with E-state index in [2.05, 4.69) is 17.1 Å². The van der Waals surface area contributed by atoms with Crippen molar-refractivity contribution in [3.63, 3.8) is 0 Å². The van der Waals surface area contributed by atoms with E-state index in [9.17, 15) is 9.90 Å². The van der Waals surface area contributed by atoms with Gasteiger partial charge in [0.25, 0.3) is 5.91 Å². The van der Waals surface area contributed by atoms with Crippen LogP contribution in [0.15, 0.2) is 30.5 Å². The van der Waals surface area contributed by atoms with Gasteiger partial charge in [0.2, 0.25) is 0 Å². The number of aliphatic hydroxyl groups excluding tert-OH is 1. The fraction of sp³-hybridized carbons (Fsp3) is 0.444. The molecule has 0 radical (unpaired) electrons. The van der Waals surface area contributed by atoms with Crippen molar-refractivity contribution < 1.29 is 9.90 Å². The molecule has 0 aliphatic carbocycles. The average molecular weight is 348 g/mol. The second-order valence-electron chi connectivity index (χ2n) is 6.47. The van der Waals surface area contributed by atoms with Crippen molar-refractivity contribution in [2.24, 2.45) is 5.41 Å². The number of aliphatic hydroxyl groups is 1. The Labute approximate surface area is 146 Å². The summed E-state index contributed by atoms with van der Waals surface area (Å²) < 4.78 is 0. The largest absolute Gasteiger partial charge is 0.396 e. The summed E-state index contributed by atoms with van der Waals surface area (Å²) in [6, 6.07) is 7.33. The van der Waals surface area contributed by atoms with Crippen LogP contribution in [0.25, 0.3) is 11.3 Å². The molecule has 1 amide bonds. The van der Waals surface area contributed by atoms with Gasteiger partial charge in [-0.2, -0.15) is 5.10 Å². The molecule has 1 aromatic carbocycles. The van der Waals surface area contributed by atoms with Crippen LogP contribution in [0.2, 0.25) is 5.02 Å².